The van der Waals surface area contributed by atoms with E-state index >= 15 is 0 Å². The summed E-state index contributed by atoms with van der Waals surface area (Å²) in [5, 5.41) is 13.2. The summed E-state index contributed by atoms with van der Waals surface area (Å²) in [6.45, 7) is 2.72. The number of para-hydroxylation sites is 1. The number of aliphatic hydroxyl groups is 1. The maximum Gasteiger partial charge on any atom is 0.317 e. The third-order valence-electron chi connectivity index (χ3n) is 3.24. The number of urea groups is 1. The van der Waals surface area contributed by atoms with Crippen molar-refractivity contribution in [2.75, 3.05) is 13.6 Å². The summed E-state index contributed by atoms with van der Waals surface area (Å²) in [4.78, 5) is 16.7. The number of H-pyrrole nitrogens is 1. The molecule has 0 spiro atoms. The van der Waals surface area contributed by atoms with Crippen LogP contribution in [0.15, 0.2) is 30.3 Å². The van der Waals surface area contributed by atoms with E-state index in [1.54, 1.807) is 18.9 Å². The van der Waals surface area contributed by atoms with Crippen molar-refractivity contribution in [2.45, 2.75) is 26.0 Å². The van der Waals surface area contributed by atoms with Crippen LogP contribution in [0.5, 0.6) is 0 Å². The first-order valence-corrected chi connectivity index (χ1v) is 6.80. The maximum absolute atomic E-state index is 11.9. The van der Waals surface area contributed by atoms with Crippen LogP contribution in [-0.2, 0) is 6.54 Å². The zero-order chi connectivity index (χ0) is 14.5. The van der Waals surface area contributed by atoms with Crippen molar-refractivity contribution < 1.29 is 9.90 Å². The number of rotatable bonds is 5. The second kappa shape index (κ2) is 6.43. The quantitative estimate of drug-likeness (QED) is 0.782. The Hall–Kier alpha value is -2.01. The van der Waals surface area contributed by atoms with Crippen LogP contribution in [0.2, 0.25) is 0 Å². The monoisotopic (exact) mass is 275 g/mol. The van der Waals surface area contributed by atoms with Crippen molar-refractivity contribution in [1.82, 2.24) is 15.2 Å². The number of nitrogens with one attached hydrogen (secondary N) is 2. The lowest BCUT2D eigenvalue weighted by Gasteiger charge is -2.18. The van der Waals surface area contributed by atoms with E-state index in [0.29, 0.717) is 19.5 Å². The van der Waals surface area contributed by atoms with Crippen LogP contribution >= 0.6 is 0 Å². The zero-order valence-corrected chi connectivity index (χ0v) is 11.9. The van der Waals surface area contributed by atoms with Gasteiger partial charge in [-0.25, -0.2) is 4.79 Å². The molecule has 0 fully saturated rings. The molecule has 0 radical (unpaired) electrons. The van der Waals surface area contributed by atoms with E-state index in [4.69, 9.17) is 0 Å². The summed E-state index contributed by atoms with van der Waals surface area (Å²) in [6, 6.07) is 9.91. The van der Waals surface area contributed by atoms with Gasteiger partial charge in [0.25, 0.3) is 0 Å². The summed E-state index contributed by atoms with van der Waals surface area (Å²) < 4.78 is 0. The Morgan fingerprint density at radius 3 is 2.90 bits per heavy atom. The van der Waals surface area contributed by atoms with Gasteiger partial charge in [-0.15, -0.1) is 0 Å². The van der Waals surface area contributed by atoms with Crippen molar-refractivity contribution in [3.05, 3.63) is 36.0 Å². The number of hydrogen-bond donors (Lipinski definition) is 3. The predicted octanol–water partition coefficient (Wildman–Crippen LogP) is 2.08. The van der Waals surface area contributed by atoms with E-state index in [1.165, 1.54) is 0 Å². The Balaban J connectivity index is 1.86. The molecule has 5 nitrogen and oxygen atoms in total. The first-order chi connectivity index (χ1) is 9.56. The molecule has 3 N–H and O–H groups in total. The number of carbonyl (C=O) groups excluding carboxylic acids is 1. The Morgan fingerprint density at radius 2 is 2.20 bits per heavy atom. The summed E-state index contributed by atoms with van der Waals surface area (Å²) in [7, 11) is 1.73. The van der Waals surface area contributed by atoms with Gasteiger partial charge in [-0.2, -0.15) is 0 Å². The van der Waals surface area contributed by atoms with Crippen LogP contribution in [-0.4, -0.2) is 40.7 Å². The number of aliphatic hydroxyl groups excluding tert-OH is 1. The molecule has 5 heteroatoms. The van der Waals surface area contributed by atoms with Crippen LogP contribution in [0.25, 0.3) is 10.9 Å². The maximum atomic E-state index is 11.9. The molecule has 1 atom stereocenters. The number of nitrogens with zero attached hydrogens (tertiary/aromatic N) is 1. The number of hydrogen-bond acceptors (Lipinski definition) is 2. The molecule has 0 aliphatic heterocycles. The van der Waals surface area contributed by atoms with E-state index in [9.17, 15) is 9.90 Å². The van der Waals surface area contributed by atoms with Gasteiger partial charge < -0.3 is 20.3 Å². The number of aromatic amines is 1. The summed E-state index contributed by atoms with van der Waals surface area (Å²) >= 11 is 0. The highest BCUT2D eigenvalue weighted by atomic mass is 16.3. The molecule has 108 valence electrons. The third-order valence-corrected chi connectivity index (χ3v) is 3.24. The smallest absolute Gasteiger partial charge is 0.317 e. The molecule has 1 aromatic heterocycles. The number of carbonyl (C=O) groups is 1. The molecule has 0 saturated carbocycles. The summed E-state index contributed by atoms with van der Waals surface area (Å²) in [5.41, 5.74) is 2.04. The van der Waals surface area contributed by atoms with Crippen LogP contribution in [0.1, 0.15) is 19.0 Å². The fraction of sp³-hybridized carbons (Fsp3) is 0.400. The number of fused-ring (bicyclic) bond motifs is 1. The highest BCUT2D eigenvalue weighted by Gasteiger charge is 2.09. The van der Waals surface area contributed by atoms with Crippen LogP contribution in [0.4, 0.5) is 4.79 Å². The Kier molecular flexibility index (Phi) is 4.63. The minimum atomic E-state index is -0.390. The average molecular weight is 275 g/mol. The highest BCUT2D eigenvalue weighted by molar-refractivity contribution is 5.80. The highest BCUT2D eigenvalue weighted by Crippen LogP contribution is 2.14. The summed E-state index contributed by atoms with van der Waals surface area (Å²) in [5.74, 6) is 0. The predicted molar refractivity (Wildman–Crippen MR) is 79.5 cm³/mol. The fourth-order valence-electron chi connectivity index (χ4n) is 2.02. The Morgan fingerprint density at radius 1 is 1.45 bits per heavy atom. The van der Waals surface area contributed by atoms with Gasteiger partial charge in [-0.1, -0.05) is 18.2 Å². The van der Waals surface area contributed by atoms with E-state index in [1.807, 2.05) is 30.3 Å². The SMILES string of the molecule is CC(O)CCN(C)C(=O)NCc1cc2ccccc2[nH]1. The van der Waals surface area contributed by atoms with E-state index in [0.717, 1.165) is 16.6 Å². The second-order valence-electron chi connectivity index (χ2n) is 5.10. The van der Waals surface area contributed by atoms with Crippen LogP contribution in [0.3, 0.4) is 0 Å². The normalized spacial score (nSPS) is 12.3. The lowest BCUT2D eigenvalue weighted by Crippen LogP contribution is -2.38. The van der Waals surface area contributed by atoms with Crippen LogP contribution < -0.4 is 5.32 Å². The zero-order valence-electron chi connectivity index (χ0n) is 11.9. The topological polar surface area (TPSA) is 68.4 Å². The number of benzene rings is 1. The number of amides is 2. The fourth-order valence-corrected chi connectivity index (χ4v) is 2.02. The van der Waals surface area contributed by atoms with E-state index in [-0.39, 0.29) is 12.1 Å². The lowest BCUT2D eigenvalue weighted by molar-refractivity contribution is 0.163. The molecule has 0 saturated heterocycles. The van der Waals surface area contributed by atoms with Gasteiger partial charge in [0.1, 0.15) is 0 Å². The first-order valence-electron chi connectivity index (χ1n) is 6.80. The molecule has 2 rings (SSSR count). The molecule has 1 unspecified atom stereocenters. The third kappa shape index (κ3) is 3.74. The van der Waals surface area contributed by atoms with Crippen molar-refractivity contribution in [2.24, 2.45) is 0 Å². The molecule has 20 heavy (non-hydrogen) atoms. The Labute approximate surface area is 118 Å². The van der Waals surface area contributed by atoms with Crippen molar-refractivity contribution in [3.63, 3.8) is 0 Å². The van der Waals surface area contributed by atoms with Gasteiger partial charge in [0.15, 0.2) is 0 Å². The standard InChI is InChI=1S/C15H21N3O2/c1-11(19)7-8-18(2)15(20)16-10-13-9-12-5-3-4-6-14(12)17-13/h3-6,9,11,17,19H,7-8,10H2,1-2H3,(H,16,20). The molecule has 2 aromatic rings. The van der Waals surface area contributed by atoms with Gasteiger partial charge >= 0.3 is 6.03 Å². The largest absolute Gasteiger partial charge is 0.393 e. The van der Waals surface area contributed by atoms with Crippen molar-refractivity contribution in [3.8, 4) is 0 Å². The Bertz CT molecular complexity index is 544. The molecule has 0 bridgehead atoms. The molecule has 2 amide bonds. The minimum Gasteiger partial charge on any atom is -0.393 e. The number of aromatic nitrogens is 1. The molecular formula is C15H21N3O2. The molecule has 0 aliphatic carbocycles. The van der Waals surface area contributed by atoms with Crippen molar-refractivity contribution in [1.29, 1.82) is 0 Å². The molecular weight excluding hydrogens is 254 g/mol. The lowest BCUT2D eigenvalue weighted by atomic mass is 10.2. The second-order valence-corrected chi connectivity index (χ2v) is 5.10. The van der Waals surface area contributed by atoms with Gasteiger partial charge in [0.05, 0.1) is 12.6 Å². The van der Waals surface area contributed by atoms with E-state index < -0.39 is 0 Å². The van der Waals surface area contributed by atoms with Crippen LogP contribution in [0, 0.1) is 0 Å². The minimum absolute atomic E-state index is 0.135. The van der Waals surface area contributed by atoms with Gasteiger partial charge in [-0.3, -0.25) is 0 Å². The molecule has 1 heterocycles. The molecule has 1 aromatic carbocycles. The van der Waals surface area contributed by atoms with Crippen molar-refractivity contribution >= 4 is 16.9 Å². The first kappa shape index (κ1) is 14.4. The summed E-state index contributed by atoms with van der Waals surface area (Å²) in [6.07, 6.45) is 0.190. The average Bonchev–Trinajstić information content (AvgIpc) is 2.84. The van der Waals surface area contributed by atoms with Gasteiger partial charge in [-0.05, 0) is 30.9 Å². The van der Waals surface area contributed by atoms with Gasteiger partial charge in [0.2, 0.25) is 0 Å². The van der Waals surface area contributed by atoms with E-state index in [2.05, 4.69) is 10.3 Å². The van der Waals surface area contributed by atoms with Gasteiger partial charge in [0, 0.05) is 24.8 Å². The molecule has 0 aliphatic rings.